The summed E-state index contributed by atoms with van der Waals surface area (Å²) in [5.74, 6) is 0.708. The number of likely N-dealkylation sites (tertiary alicyclic amines) is 1. The van der Waals surface area contributed by atoms with Gasteiger partial charge in [0.1, 0.15) is 0 Å². The molecule has 1 aromatic heterocycles. The summed E-state index contributed by atoms with van der Waals surface area (Å²) >= 11 is 0. The van der Waals surface area contributed by atoms with Crippen molar-refractivity contribution in [1.29, 1.82) is 0 Å². The van der Waals surface area contributed by atoms with Gasteiger partial charge >= 0.3 is 0 Å². The first kappa shape index (κ1) is 16.5. The molecule has 3 aliphatic rings. The van der Waals surface area contributed by atoms with E-state index in [2.05, 4.69) is 27.8 Å². The smallest absolute Gasteiger partial charge is 0.214 e. The quantitative estimate of drug-likeness (QED) is 0.769. The summed E-state index contributed by atoms with van der Waals surface area (Å²) in [5, 5.41) is 4.18. The van der Waals surface area contributed by atoms with Crippen LogP contribution in [0.4, 0.5) is 0 Å². The number of aromatic nitrogens is 2. The van der Waals surface area contributed by atoms with E-state index in [1.807, 2.05) is 10.9 Å². The Hall–Kier alpha value is -0.960. The molecule has 7 nitrogen and oxygen atoms in total. The molecule has 3 atom stereocenters. The molecule has 2 saturated heterocycles. The molecule has 0 spiro atoms. The fourth-order valence-corrected chi connectivity index (χ4v) is 5.30. The zero-order valence-electron chi connectivity index (χ0n) is 14.1. The fourth-order valence-electron chi connectivity index (χ4n) is 3.86. The summed E-state index contributed by atoms with van der Waals surface area (Å²) in [6, 6.07) is 0. The first-order valence-corrected chi connectivity index (χ1v) is 10.4. The van der Waals surface area contributed by atoms with E-state index < -0.39 is 10.0 Å². The number of nitrogens with zero attached hydrogens (tertiary/aromatic N) is 3. The lowest BCUT2D eigenvalue weighted by molar-refractivity contribution is 0.0942. The van der Waals surface area contributed by atoms with E-state index in [-0.39, 0.29) is 17.3 Å². The highest BCUT2D eigenvalue weighted by molar-refractivity contribution is 7.90. The van der Waals surface area contributed by atoms with Crippen molar-refractivity contribution in [1.82, 2.24) is 19.4 Å². The molecule has 134 valence electrons. The number of sulfonamides is 1. The number of fused-ring (bicyclic) bond motifs is 1. The fraction of sp³-hybridized carbons (Fsp3) is 0.812. The van der Waals surface area contributed by atoms with Crippen molar-refractivity contribution in [2.75, 3.05) is 26.2 Å². The van der Waals surface area contributed by atoms with Crippen molar-refractivity contribution in [3.63, 3.8) is 0 Å². The SMILES string of the molecule is CCn1cc(CN2C[C@@H]3[C@@H](CNS(=O)(=O)C4CC4)CO[C@@H]3C2)cn1. The summed E-state index contributed by atoms with van der Waals surface area (Å²) < 4.78 is 34.7. The average molecular weight is 354 g/mol. The molecule has 0 aromatic carbocycles. The number of rotatable bonds is 7. The maximum absolute atomic E-state index is 12.0. The van der Waals surface area contributed by atoms with Crippen molar-refractivity contribution in [3.8, 4) is 0 Å². The van der Waals surface area contributed by atoms with Gasteiger partial charge < -0.3 is 4.74 Å². The third-order valence-electron chi connectivity index (χ3n) is 5.44. The molecule has 0 amide bonds. The molecule has 2 aliphatic heterocycles. The number of ether oxygens (including phenoxy) is 1. The summed E-state index contributed by atoms with van der Waals surface area (Å²) in [7, 11) is -3.10. The summed E-state index contributed by atoms with van der Waals surface area (Å²) in [6.45, 7) is 6.93. The Bertz CT molecular complexity index is 685. The van der Waals surface area contributed by atoms with Crippen molar-refractivity contribution < 1.29 is 13.2 Å². The van der Waals surface area contributed by atoms with Gasteiger partial charge in [0.05, 0.1) is 24.2 Å². The van der Waals surface area contributed by atoms with Crippen LogP contribution in [0.25, 0.3) is 0 Å². The monoisotopic (exact) mass is 354 g/mol. The average Bonchev–Trinajstić information content (AvgIpc) is 3.05. The maximum atomic E-state index is 12.0. The lowest BCUT2D eigenvalue weighted by Gasteiger charge is -2.19. The minimum Gasteiger partial charge on any atom is -0.376 e. The lowest BCUT2D eigenvalue weighted by atomic mass is 9.93. The van der Waals surface area contributed by atoms with Gasteiger partial charge in [-0.2, -0.15) is 5.10 Å². The zero-order valence-corrected chi connectivity index (χ0v) is 14.9. The standard InChI is InChI=1S/C16H26N4O3S/c1-2-20-8-12(5-17-20)7-19-9-15-13(11-23-16(15)10-19)6-18-24(21,22)14-3-4-14/h5,8,13-16,18H,2-4,6-7,9-11H2,1H3/t13-,15+,16+/m0/s1. The predicted octanol–water partition coefficient (Wildman–Crippen LogP) is 0.432. The van der Waals surface area contributed by atoms with Crippen LogP contribution in [0.1, 0.15) is 25.3 Å². The number of hydrogen-bond donors (Lipinski definition) is 1. The van der Waals surface area contributed by atoms with Crippen LogP contribution in [0.2, 0.25) is 0 Å². The Morgan fingerprint density at radius 3 is 2.92 bits per heavy atom. The Morgan fingerprint density at radius 1 is 1.38 bits per heavy atom. The Morgan fingerprint density at radius 2 is 2.21 bits per heavy atom. The van der Waals surface area contributed by atoms with Gasteiger partial charge in [0.25, 0.3) is 0 Å². The molecule has 4 rings (SSSR count). The van der Waals surface area contributed by atoms with Crippen LogP contribution in [0.15, 0.2) is 12.4 Å². The molecule has 8 heteroatoms. The number of hydrogen-bond acceptors (Lipinski definition) is 5. The second-order valence-corrected chi connectivity index (χ2v) is 9.33. The largest absolute Gasteiger partial charge is 0.376 e. The highest BCUT2D eigenvalue weighted by atomic mass is 32.2. The zero-order chi connectivity index (χ0) is 16.7. The van der Waals surface area contributed by atoms with E-state index in [1.165, 1.54) is 5.56 Å². The van der Waals surface area contributed by atoms with Gasteiger partial charge in [-0.05, 0) is 19.8 Å². The summed E-state index contributed by atoms with van der Waals surface area (Å²) in [4.78, 5) is 2.40. The van der Waals surface area contributed by atoms with Gasteiger partial charge in [-0.3, -0.25) is 9.58 Å². The highest BCUT2D eigenvalue weighted by Crippen LogP contribution is 2.34. The molecule has 3 heterocycles. The van der Waals surface area contributed by atoms with Crippen molar-refractivity contribution >= 4 is 10.0 Å². The van der Waals surface area contributed by atoms with Gasteiger partial charge in [-0.15, -0.1) is 0 Å². The van der Waals surface area contributed by atoms with Crippen LogP contribution in [0.5, 0.6) is 0 Å². The van der Waals surface area contributed by atoms with Crippen LogP contribution < -0.4 is 4.72 Å². The molecule has 0 radical (unpaired) electrons. The third-order valence-corrected chi connectivity index (χ3v) is 7.36. The van der Waals surface area contributed by atoms with Crippen LogP contribution in [0.3, 0.4) is 0 Å². The van der Waals surface area contributed by atoms with Gasteiger partial charge in [0.15, 0.2) is 0 Å². The van der Waals surface area contributed by atoms with Gasteiger partial charge in [-0.1, -0.05) is 0 Å². The van der Waals surface area contributed by atoms with Crippen LogP contribution >= 0.6 is 0 Å². The third kappa shape index (κ3) is 3.37. The maximum Gasteiger partial charge on any atom is 0.214 e. The predicted molar refractivity (Wildman–Crippen MR) is 89.8 cm³/mol. The second-order valence-electron chi connectivity index (χ2n) is 7.29. The van der Waals surface area contributed by atoms with Crippen molar-refractivity contribution in [3.05, 3.63) is 18.0 Å². The van der Waals surface area contributed by atoms with E-state index in [1.54, 1.807) is 0 Å². The minimum absolute atomic E-state index is 0.147. The molecule has 0 bridgehead atoms. The first-order chi connectivity index (χ1) is 11.5. The Kier molecular flexibility index (Phi) is 4.40. The number of aryl methyl sites for hydroxylation is 1. The molecule has 1 aromatic rings. The molecule has 0 unspecified atom stereocenters. The number of nitrogens with one attached hydrogen (secondary N) is 1. The molecular formula is C16H26N4O3S. The first-order valence-electron chi connectivity index (χ1n) is 8.89. The molecule has 1 aliphatic carbocycles. The van der Waals surface area contributed by atoms with E-state index in [4.69, 9.17) is 4.74 Å². The highest BCUT2D eigenvalue weighted by Gasteiger charge is 2.44. The molecule has 3 fully saturated rings. The van der Waals surface area contributed by atoms with E-state index >= 15 is 0 Å². The van der Waals surface area contributed by atoms with E-state index in [0.717, 1.165) is 39.0 Å². The lowest BCUT2D eigenvalue weighted by Crippen LogP contribution is -2.35. The molecular weight excluding hydrogens is 328 g/mol. The van der Waals surface area contributed by atoms with Crippen LogP contribution in [-0.2, 0) is 27.8 Å². The molecule has 24 heavy (non-hydrogen) atoms. The van der Waals surface area contributed by atoms with Gasteiger partial charge in [-0.25, -0.2) is 13.1 Å². The molecule has 1 N–H and O–H groups in total. The topological polar surface area (TPSA) is 76.5 Å². The minimum atomic E-state index is -3.10. The van der Waals surface area contributed by atoms with Crippen LogP contribution in [0, 0.1) is 11.8 Å². The van der Waals surface area contributed by atoms with Crippen LogP contribution in [-0.4, -0.2) is 60.7 Å². The van der Waals surface area contributed by atoms with E-state index in [9.17, 15) is 8.42 Å². The second kappa shape index (κ2) is 6.40. The summed E-state index contributed by atoms with van der Waals surface area (Å²) in [6.07, 6.45) is 5.88. The Balaban J connectivity index is 1.31. The normalized spacial score (nSPS) is 30.8. The summed E-state index contributed by atoms with van der Waals surface area (Å²) in [5.41, 5.74) is 1.22. The van der Waals surface area contributed by atoms with E-state index in [0.29, 0.717) is 19.1 Å². The van der Waals surface area contributed by atoms with Gasteiger partial charge in [0.2, 0.25) is 10.0 Å². The Labute approximate surface area is 143 Å². The van der Waals surface area contributed by atoms with Crippen molar-refractivity contribution in [2.24, 2.45) is 11.8 Å². The molecule has 1 saturated carbocycles. The van der Waals surface area contributed by atoms with Crippen molar-refractivity contribution in [2.45, 2.75) is 44.2 Å². The van der Waals surface area contributed by atoms with Gasteiger partial charge in [0, 0.05) is 56.3 Å².